The average Bonchev–Trinajstić information content (AvgIpc) is 2.09. The lowest BCUT2D eigenvalue weighted by molar-refractivity contribution is 0.274. The van der Waals surface area contributed by atoms with Crippen molar-refractivity contribution in [1.82, 2.24) is 0 Å². The van der Waals surface area contributed by atoms with E-state index < -0.39 is 33.4 Å². The molecule has 2 unspecified atom stereocenters. The lowest BCUT2D eigenvalue weighted by atomic mass is 10.5. The fourth-order valence-corrected chi connectivity index (χ4v) is 4.02. The van der Waals surface area contributed by atoms with Gasteiger partial charge in [0, 0.05) is 12.7 Å². The minimum Gasteiger partial charge on any atom is -0.250 e. The largest absolute Gasteiger partial charge is 0.508 e. The van der Waals surface area contributed by atoms with Crippen LogP contribution in [-0.2, 0) is 33.2 Å². The summed E-state index contributed by atoms with van der Waals surface area (Å²) in [4.78, 5) is 0. The molecule has 7 nitrogen and oxygen atoms in total. The van der Waals surface area contributed by atoms with Crippen LogP contribution in [0.1, 0.15) is 13.3 Å². The normalized spacial score (nSPS) is 15.6. The van der Waals surface area contributed by atoms with Crippen molar-refractivity contribution < 1.29 is 30.1 Å². The minimum absolute atomic E-state index is 0.0730. The van der Waals surface area contributed by atoms with Gasteiger partial charge in [-0.15, -0.1) is 4.52 Å². The summed E-state index contributed by atoms with van der Waals surface area (Å²) >= 11 is 0. The molecule has 0 saturated carbocycles. The van der Waals surface area contributed by atoms with Crippen LogP contribution in [0, 0.1) is 0 Å². The quantitative estimate of drug-likeness (QED) is 0.475. The van der Waals surface area contributed by atoms with Crippen molar-refractivity contribution in [1.29, 1.82) is 0 Å². The molecule has 102 valence electrons. The predicted molar refractivity (Wildman–Crippen MR) is 63.3 cm³/mol. The van der Waals surface area contributed by atoms with E-state index in [-0.39, 0.29) is 19.2 Å². The van der Waals surface area contributed by atoms with Gasteiger partial charge in [-0.05, 0) is 11.5 Å². The van der Waals surface area contributed by atoms with E-state index >= 15 is 0 Å². The van der Waals surface area contributed by atoms with Crippen LogP contribution < -0.4 is 0 Å². The summed E-state index contributed by atoms with van der Waals surface area (Å²) in [7, 11) is -9.57. The number of hydrogen-bond donors (Lipinski definition) is 0. The molecule has 0 heterocycles. The van der Waals surface area contributed by atoms with Gasteiger partial charge in [-0.2, -0.15) is 8.42 Å². The molecular weight excluding hydrogens is 291 g/mol. The monoisotopic (exact) mass is 307 g/mol. The summed E-state index contributed by atoms with van der Waals surface area (Å²) in [5.41, 5.74) is -1.52. The molecule has 10 heteroatoms. The van der Waals surface area contributed by atoms with Crippen LogP contribution in [0.3, 0.4) is 0 Å². The van der Waals surface area contributed by atoms with Crippen LogP contribution in [0.2, 0.25) is 0 Å². The van der Waals surface area contributed by atoms with Gasteiger partial charge in [-0.3, -0.25) is 4.18 Å². The van der Waals surface area contributed by atoms with Crippen molar-refractivity contribution in [3.8, 4) is 0 Å². The first-order chi connectivity index (χ1) is 7.56. The van der Waals surface area contributed by atoms with Crippen LogP contribution in [0.15, 0.2) is 0 Å². The zero-order chi connectivity index (χ0) is 13.7. The van der Waals surface area contributed by atoms with E-state index in [1.807, 2.05) is 0 Å². The third-order valence-electron chi connectivity index (χ3n) is 1.58. The molecule has 0 radical (unpaired) electrons. The maximum absolute atomic E-state index is 11.3. The lowest BCUT2D eigenvalue weighted by Crippen LogP contribution is -2.27. The highest BCUT2D eigenvalue weighted by molar-refractivity contribution is 7.92. The molecule has 17 heavy (non-hydrogen) atoms. The molecule has 0 bridgehead atoms. The Labute approximate surface area is 102 Å². The third-order valence-corrected chi connectivity index (χ3v) is 4.74. The minimum atomic E-state index is -3.88. The van der Waals surface area contributed by atoms with Gasteiger partial charge in [0.25, 0.3) is 10.1 Å². The molecule has 0 aromatic heterocycles. The van der Waals surface area contributed by atoms with Crippen molar-refractivity contribution in [3.63, 3.8) is 0 Å². The van der Waals surface area contributed by atoms with Crippen LogP contribution in [-0.4, -0.2) is 47.6 Å². The molecule has 0 amide bonds. The fraction of sp³-hybridized carbons (Fsp3) is 1.00. The van der Waals surface area contributed by atoms with E-state index in [9.17, 15) is 21.4 Å². The second-order valence-electron chi connectivity index (χ2n) is 3.32. The van der Waals surface area contributed by atoms with Crippen molar-refractivity contribution in [3.05, 3.63) is 0 Å². The Balaban J connectivity index is 4.59. The second kappa shape index (κ2) is 6.75. The molecule has 0 aliphatic carbocycles. The Morgan fingerprint density at radius 1 is 1.18 bits per heavy atom. The summed E-state index contributed by atoms with van der Waals surface area (Å²) in [6.45, 7) is 1.89. The molecule has 0 spiro atoms. The maximum Gasteiger partial charge on any atom is 0.508 e. The SMILES string of the molecule is CCO[P+](=O)CCC(OS(C)(=O)=O)S(C)(=O)=O. The molecular formula is C7H16O7PS2+. The van der Waals surface area contributed by atoms with E-state index in [0.29, 0.717) is 0 Å². The molecule has 0 N–H and O–H groups in total. The fourth-order valence-electron chi connectivity index (χ4n) is 0.948. The van der Waals surface area contributed by atoms with Gasteiger partial charge in [0.2, 0.25) is 0 Å². The maximum atomic E-state index is 11.3. The van der Waals surface area contributed by atoms with E-state index in [1.54, 1.807) is 6.92 Å². The van der Waals surface area contributed by atoms with Crippen LogP contribution in [0.5, 0.6) is 0 Å². The van der Waals surface area contributed by atoms with Crippen molar-refractivity contribution in [2.75, 3.05) is 25.3 Å². The van der Waals surface area contributed by atoms with E-state index in [1.165, 1.54) is 0 Å². The second-order valence-corrected chi connectivity index (χ2v) is 8.48. The summed E-state index contributed by atoms with van der Waals surface area (Å²) in [6.07, 6.45) is 1.35. The highest BCUT2D eigenvalue weighted by Gasteiger charge is 2.30. The first kappa shape index (κ1) is 16.9. The third kappa shape index (κ3) is 8.62. The molecule has 0 aromatic rings. The van der Waals surface area contributed by atoms with Gasteiger partial charge in [0.15, 0.2) is 21.4 Å². The van der Waals surface area contributed by atoms with Crippen LogP contribution in [0.25, 0.3) is 0 Å². The Hall–Kier alpha value is -0.0800. The van der Waals surface area contributed by atoms with Crippen molar-refractivity contribution in [2.45, 2.75) is 18.8 Å². The van der Waals surface area contributed by atoms with Gasteiger partial charge in [0.1, 0.15) is 0 Å². The molecule has 0 aliphatic rings. The standard InChI is InChI=1S/C7H16O7PS2/c1-4-13-15(8)6-5-7(16(2,9)10)14-17(3,11)12/h7H,4-6H2,1-3H3/q+1. The molecule has 0 rings (SSSR count). The smallest absolute Gasteiger partial charge is 0.250 e. The molecule has 0 aromatic carbocycles. The lowest BCUT2D eigenvalue weighted by Gasteiger charge is -2.11. The Bertz CT molecular complexity index is 453. The first-order valence-corrected chi connectivity index (χ1v) is 9.84. The van der Waals surface area contributed by atoms with Crippen LogP contribution >= 0.6 is 8.03 Å². The van der Waals surface area contributed by atoms with Crippen molar-refractivity contribution >= 4 is 28.0 Å². The van der Waals surface area contributed by atoms with Crippen molar-refractivity contribution in [2.24, 2.45) is 0 Å². The molecule has 0 fully saturated rings. The summed E-state index contributed by atoms with van der Waals surface area (Å²) < 4.78 is 64.6. The Morgan fingerprint density at radius 3 is 2.06 bits per heavy atom. The van der Waals surface area contributed by atoms with E-state index in [0.717, 1.165) is 12.5 Å². The molecule has 2 atom stereocenters. The summed E-state index contributed by atoms with van der Waals surface area (Å²) in [6, 6.07) is 0. The van der Waals surface area contributed by atoms with Gasteiger partial charge in [-0.1, -0.05) is 0 Å². The highest BCUT2D eigenvalue weighted by atomic mass is 32.2. The zero-order valence-electron chi connectivity index (χ0n) is 9.82. The predicted octanol–water partition coefficient (Wildman–Crippen LogP) is 0.502. The summed E-state index contributed by atoms with van der Waals surface area (Å²) in [5.74, 6) is 0. The van der Waals surface area contributed by atoms with E-state index in [2.05, 4.69) is 4.18 Å². The Morgan fingerprint density at radius 2 is 1.71 bits per heavy atom. The summed E-state index contributed by atoms with van der Waals surface area (Å²) in [5, 5.41) is 0. The average molecular weight is 307 g/mol. The van der Waals surface area contributed by atoms with Crippen LogP contribution in [0.4, 0.5) is 0 Å². The number of hydrogen-bond acceptors (Lipinski definition) is 7. The van der Waals surface area contributed by atoms with E-state index in [4.69, 9.17) is 4.52 Å². The van der Waals surface area contributed by atoms with Gasteiger partial charge < -0.3 is 0 Å². The highest BCUT2D eigenvalue weighted by Crippen LogP contribution is 2.25. The van der Waals surface area contributed by atoms with Gasteiger partial charge in [0.05, 0.1) is 12.9 Å². The Kier molecular flexibility index (Phi) is 6.71. The zero-order valence-corrected chi connectivity index (χ0v) is 12.3. The topological polar surface area (TPSA) is 104 Å². The first-order valence-electron chi connectivity index (χ1n) is 4.71. The molecule has 0 aliphatic heterocycles. The number of rotatable bonds is 8. The molecule has 0 saturated heterocycles. The van der Waals surface area contributed by atoms with Gasteiger partial charge >= 0.3 is 8.03 Å². The van der Waals surface area contributed by atoms with Gasteiger partial charge in [-0.25, -0.2) is 8.42 Å². The number of sulfone groups is 1.